The Morgan fingerprint density at radius 3 is 2.35 bits per heavy atom. The van der Waals surface area contributed by atoms with E-state index >= 15 is 0 Å². The molecule has 0 spiro atoms. The number of hydrogen-bond acceptors (Lipinski definition) is 4. The fraction of sp³-hybridized carbons (Fsp3) is 0.571. The first-order valence-electron chi connectivity index (χ1n) is 6.47. The fourth-order valence-corrected chi connectivity index (χ4v) is 1.86. The van der Waals surface area contributed by atoms with Crippen LogP contribution in [-0.4, -0.2) is 44.2 Å². The third-order valence-corrected chi connectivity index (χ3v) is 2.94. The van der Waals surface area contributed by atoms with Gasteiger partial charge >= 0.3 is 5.97 Å². The quantitative estimate of drug-likeness (QED) is 0.908. The van der Waals surface area contributed by atoms with Crippen molar-refractivity contribution in [1.29, 1.82) is 0 Å². The lowest BCUT2D eigenvalue weighted by molar-refractivity contribution is -0.137. The number of aromatic nitrogens is 2. The number of carboxylic acids is 1. The summed E-state index contributed by atoms with van der Waals surface area (Å²) in [6.07, 6.45) is -0.0838. The molecule has 0 aliphatic rings. The molecule has 0 aliphatic heterocycles. The van der Waals surface area contributed by atoms with Gasteiger partial charge in [0.15, 0.2) is 0 Å². The minimum absolute atomic E-state index is 0.0838. The molecule has 0 atom stereocenters. The Hall–Kier alpha value is -1.98. The van der Waals surface area contributed by atoms with Crippen LogP contribution in [0.3, 0.4) is 0 Å². The van der Waals surface area contributed by atoms with Gasteiger partial charge in [0.25, 0.3) is 5.91 Å². The van der Waals surface area contributed by atoms with Gasteiger partial charge in [-0.3, -0.25) is 9.59 Å². The Kier molecular flexibility index (Phi) is 4.81. The summed E-state index contributed by atoms with van der Waals surface area (Å²) in [7, 11) is 0. The predicted molar refractivity (Wildman–Crippen MR) is 74.5 cm³/mol. The first kappa shape index (κ1) is 16.1. The number of carbonyl (C=O) groups excluding carboxylic acids is 1. The topological polar surface area (TPSA) is 83.4 Å². The summed E-state index contributed by atoms with van der Waals surface area (Å²) in [4.78, 5) is 25.0. The van der Waals surface area contributed by atoms with Gasteiger partial charge in [0.05, 0.1) is 23.4 Å². The monoisotopic (exact) mass is 279 g/mol. The Morgan fingerprint density at radius 1 is 1.25 bits per heavy atom. The van der Waals surface area contributed by atoms with E-state index < -0.39 is 11.5 Å². The third kappa shape index (κ3) is 4.01. The summed E-state index contributed by atoms with van der Waals surface area (Å²) < 4.78 is 0. The van der Waals surface area contributed by atoms with Gasteiger partial charge in [-0.1, -0.05) is 0 Å². The number of nitrogens with zero attached hydrogens (tertiary/aromatic N) is 3. The fourth-order valence-electron chi connectivity index (χ4n) is 1.86. The first-order valence-corrected chi connectivity index (χ1v) is 6.47. The van der Waals surface area contributed by atoms with Crippen molar-refractivity contribution in [2.45, 2.75) is 46.6 Å². The van der Waals surface area contributed by atoms with E-state index in [0.29, 0.717) is 17.0 Å². The molecule has 1 heterocycles. The average molecular weight is 279 g/mol. The van der Waals surface area contributed by atoms with Gasteiger partial charge in [0, 0.05) is 12.1 Å². The van der Waals surface area contributed by atoms with Crippen LogP contribution in [0, 0.1) is 13.8 Å². The van der Waals surface area contributed by atoms with Crippen molar-refractivity contribution in [2.24, 2.45) is 0 Å². The van der Waals surface area contributed by atoms with Crippen LogP contribution in [-0.2, 0) is 4.79 Å². The highest BCUT2D eigenvalue weighted by Crippen LogP contribution is 2.19. The smallest absolute Gasteiger partial charge is 0.305 e. The number of aliphatic carboxylic acids is 1. The van der Waals surface area contributed by atoms with Crippen LogP contribution >= 0.6 is 0 Å². The Morgan fingerprint density at radius 2 is 1.85 bits per heavy atom. The number of carbonyl (C=O) groups is 2. The first-order chi connectivity index (χ1) is 9.12. The van der Waals surface area contributed by atoms with Crippen LogP contribution in [0.25, 0.3) is 0 Å². The molecule has 1 amide bonds. The second-order valence-electron chi connectivity index (χ2n) is 5.76. The number of hydrogen-bond donors (Lipinski definition) is 1. The summed E-state index contributed by atoms with van der Waals surface area (Å²) in [6, 6.07) is 1.68. The molecule has 0 unspecified atom stereocenters. The van der Waals surface area contributed by atoms with E-state index in [1.807, 2.05) is 20.8 Å². The van der Waals surface area contributed by atoms with Crippen LogP contribution in [0.5, 0.6) is 0 Å². The highest BCUT2D eigenvalue weighted by Gasteiger charge is 2.29. The van der Waals surface area contributed by atoms with Gasteiger partial charge in [-0.2, -0.15) is 10.2 Å². The van der Waals surface area contributed by atoms with Gasteiger partial charge in [-0.05, 0) is 40.7 Å². The maximum atomic E-state index is 12.6. The van der Waals surface area contributed by atoms with Crippen molar-refractivity contribution in [3.8, 4) is 0 Å². The molecule has 0 radical (unpaired) electrons. The molecule has 110 valence electrons. The molecule has 1 rings (SSSR count). The molecule has 20 heavy (non-hydrogen) atoms. The van der Waals surface area contributed by atoms with E-state index in [0.717, 1.165) is 0 Å². The number of carboxylic acid groups (broad SMARTS) is 1. The Balaban J connectivity index is 3.10. The molecule has 0 fully saturated rings. The molecule has 1 aromatic rings. The number of rotatable bonds is 4. The molecule has 0 saturated carbocycles. The van der Waals surface area contributed by atoms with Crippen molar-refractivity contribution in [3.63, 3.8) is 0 Å². The maximum Gasteiger partial charge on any atom is 0.305 e. The van der Waals surface area contributed by atoms with E-state index in [4.69, 9.17) is 5.11 Å². The number of amides is 1. The van der Waals surface area contributed by atoms with E-state index in [2.05, 4.69) is 10.2 Å². The summed E-state index contributed by atoms with van der Waals surface area (Å²) >= 11 is 0. The summed E-state index contributed by atoms with van der Waals surface area (Å²) in [6.45, 7) is 9.29. The van der Waals surface area contributed by atoms with Crippen molar-refractivity contribution in [1.82, 2.24) is 15.1 Å². The molecule has 1 N–H and O–H groups in total. The molecule has 1 aromatic heterocycles. The highest BCUT2D eigenvalue weighted by atomic mass is 16.4. The summed E-state index contributed by atoms with van der Waals surface area (Å²) in [5.74, 6) is -1.14. The summed E-state index contributed by atoms with van der Waals surface area (Å²) in [5, 5.41) is 16.7. The molecule has 6 nitrogen and oxygen atoms in total. The molecule has 0 bridgehead atoms. The van der Waals surface area contributed by atoms with Crippen molar-refractivity contribution >= 4 is 11.9 Å². The lowest BCUT2D eigenvalue weighted by atomic mass is 10.0. The van der Waals surface area contributed by atoms with Crippen molar-refractivity contribution < 1.29 is 14.7 Å². The van der Waals surface area contributed by atoms with Crippen LogP contribution in [0.4, 0.5) is 0 Å². The van der Waals surface area contributed by atoms with Gasteiger partial charge in [-0.15, -0.1) is 0 Å². The standard InChI is InChI=1S/C14H21N3O3/c1-9-8-11(10(2)16-15-9)13(20)17(14(3,4)5)7-6-12(18)19/h8H,6-7H2,1-5H3,(H,18,19). The molecule has 0 aliphatic carbocycles. The normalized spacial score (nSPS) is 11.2. The predicted octanol–water partition coefficient (Wildman–Crippen LogP) is 1.81. The third-order valence-electron chi connectivity index (χ3n) is 2.94. The zero-order valence-electron chi connectivity index (χ0n) is 12.6. The SMILES string of the molecule is Cc1cc(C(=O)N(CCC(=O)O)C(C)(C)C)c(C)nn1. The zero-order valence-corrected chi connectivity index (χ0v) is 12.6. The molecular formula is C14H21N3O3. The molecule has 0 saturated heterocycles. The lowest BCUT2D eigenvalue weighted by Crippen LogP contribution is -2.47. The Labute approximate surface area is 118 Å². The second-order valence-corrected chi connectivity index (χ2v) is 5.76. The highest BCUT2D eigenvalue weighted by molar-refractivity contribution is 5.95. The van der Waals surface area contributed by atoms with Crippen LogP contribution in [0.15, 0.2) is 6.07 Å². The molecule has 6 heteroatoms. The van der Waals surface area contributed by atoms with Crippen molar-refractivity contribution in [2.75, 3.05) is 6.54 Å². The molecular weight excluding hydrogens is 258 g/mol. The average Bonchev–Trinajstić information content (AvgIpc) is 2.30. The largest absolute Gasteiger partial charge is 0.481 e. The minimum Gasteiger partial charge on any atom is -0.481 e. The van der Waals surface area contributed by atoms with E-state index in [9.17, 15) is 9.59 Å². The summed E-state index contributed by atoms with van der Waals surface area (Å²) in [5.41, 5.74) is 1.21. The minimum atomic E-state index is -0.923. The van der Waals surface area contributed by atoms with E-state index in [-0.39, 0.29) is 18.9 Å². The Bertz CT molecular complexity index is 521. The van der Waals surface area contributed by atoms with Gasteiger partial charge in [0.2, 0.25) is 0 Å². The van der Waals surface area contributed by atoms with Gasteiger partial charge < -0.3 is 10.0 Å². The van der Waals surface area contributed by atoms with Crippen LogP contribution < -0.4 is 0 Å². The van der Waals surface area contributed by atoms with E-state index in [1.165, 1.54) is 0 Å². The van der Waals surface area contributed by atoms with Crippen molar-refractivity contribution in [3.05, 3.63) is 23.0 Å². The van der Waals surface area contributed by atoms with Gasteiger partial charge in [0.1, 0.15) is 0 Å². The zero-order chi connectivity index (χ0) is 15.5. The molecule has 0 aromatic carbocycles. The maximum absolute atomic E-state index is 12.6. The van der Waals surface area contributed by atoms with Gasteiger partial charge in [-0.25, -0.2) is 0 Å². The van der Waals surface area contributed by atoms with Crippen LogP contribution in [0.1, 0.15) is 48.9 Å². The lowest BCUT2D eigenvalue weighted by Gasteiger charge is -2.35. The number of aryl methyl sites for hydroxylation is 2. The van der Waals surface area contributed by atoms with Crippen LogP contribution in [0.2, 0.25) is 0 Å². The van der Waals surface area contributed by atoms with E-state index in [1.54, 1.807) is 24.8 Å². The second kappa shape index (κ2) is 5.98.